The SMILES string of the molecule is CC(CN(C)C)Nc1nc(-c2cccnc2)nc2c1CCN(Cc1ccc(F)cc1)C2. The Labute approximate surface area is 183 Å². The molecule has 1 aromatic carbocycles. The van der Waals surface area contributed by atoms with Crippen molar-refractivity contribution in [2.45, 2.75) is 32.5 Å². The number of halogens is 1. The third-order valence-electron chi connectivity index (χ3n) is 5.41. The van der Waals surface area contributed by atoms with Gasteiger partial charge in [-0.1, -0.05) is 12.1 Å². The second-order valence-corrected chi connectivity index (χ2v) is 8.46. The van der Waals surface area contributed by atoms with Crippen molar-refractivity contribution in [1.29, 1.82) is 0 Å². The molecule has 1 atom stereocenters. The van der Waals surface area contributed by atoms with Crippen molar-refractivity contribution >= 4 is 5.82 Å². The first-order chi connectivity index (χ1) is 15.0. The topological polar surface area (TPSA) is 57.2 Å². The van der Waals surface area contributed by atoms with Crippen LogP contribution >= 0.6 is 0 Å². The molecule has 1 unspecified atom stereocenters. The van der Waals surface area contributed by atoms with Crippen molar-refractivity contribution in [1.82, 2.24) is 24.8 Å². The van der Waals surface area contributed by atoms with Gasteiger partial charge in [0.2, 0.25) is 0 Å². The molecule has 162 valence electrons. The van der Waals surface area contributed by atoms with E-state index >= 15 is 0 Å². The first-order valence-corrected chi connectivity index (χ1v) is 10.7. The minimum atomic E-state index is -0.204. The number of nitrogens with one attached hydrogen (secondary N) is 1. The van der Waals surface area contributed by atoms with E-state index in [1.165, 1.54) is 17.7 Å². The van der Waals surface area contributed by atoms with Gasteiger partial charge in [-0.25, -0.2) is 14.4 Å². The van der Waals surface area contributed by atoms with Crippen LogP contribution in [0, 0.1) is 5.82 Å². The molecular weight excluding hydrogens is 391 g/mol. The van der Waals surface area contributed by atoms with E-state index in [9.17, 15) is 4.39 Å². The summed E-state index contributed by atoms with van der Waals surface area (Å²) in [6.07, 6.45) is 4.43. The number of nitrogens with zero attached hydrogens (tertiary/aromatic N) is 5. The van der Waals surface area contributed by atoms with Gasteiger partial charge >= 0.3 is 0 Å². The molecule has 31 heavy (non-hydrogen) atoms. The molecule has 0 aliphatic carbocycles. The van der Waals surface area contributed by atoms with Crippen LogP contribution in [0.5, 0.6) is 0 Å². The molecule has 4 rings (SSSR count). The summed E-state index contributed by atoms with van der Waals surface area (Å²) in [5.74, 6) is 1.40. The Kier molecular flexibility index (Phi) is 6.53. The Morgan fingerprint density at radius 3 is 2.68 bits per heavy atom. The second-order valence-electron chi connectivity index (χ2n) is 8.46. The summed E-state index contributed by atoms with van der Waals surface area (Å²) in [7, 11) is 4.14. The van der Waals surface area contributed by atoms with Crippen LogP contribution in [0.15, 0.2) is 48.8 Å². The predicted octanol–water partition coefficient (Wildman–Crippen LogP) is 3.60. The van der Waals surface area contributed by atoms with Gasteiger partial charge in [0.15, 0.2) is 5.82 Å². The molecule has 0 bridgehead atoms. The lowest BCUT2D eigenvalue weighted by Gasteiger charge is -2.30. The minimum absolute atomic E-state index is 0.204. The van der Waals surface area contributed by atoms with Crippen molar-refractivity contribution in [3.63, 3.8) is 0 Å². The summed E-state index contributed by atoms with van der Waals surface area (Å²) in [5, 5.41) is 3.61. The number of pyridine rings is 1. The zero-order valence-corrected chi connectivity index (χ0v) is 18.3. The molecule has 0 fully saturated rings. The van der Waals surface area contributed by atoms with Gasteiger partial charge in [-0.2, -0.15) is 0 Å². The molecular formula is C24H29FN6. The number of hydrogen-bond donors (Lipinski definition) is 1. The van der Waals surface area contributed by atoms with Crippen molar-refractivity contribution in [2.24, 2.45) is 0 Å². The quantitative estimate of drug-likeness (QED) is 0.630. The Morgan fingerprint density at radius 1 is 1.16 bits per heavy atom. The van der Waals surface area contributed by atoms with E-state index in [0.717, 1.165) is 55.2 Å². The molecule has 6 nitrogen and oxygen atoms in total. The number of anilines is 1. The van der Waals surface area contributed by atoms with Crippen LogP contribution in [-0.2, 0) is 19.5 Å². The summed E-state index contributed by atoms with van der Waals surface area (Å²) in [5.41, 5.74) is 4.24. The second kappa shape index (κ2) is 9.49. The molecule has 1 N–H and O–H groups in total. The number of likely N-dealkylation sites (N-methyl/N-ethyl adjacent to an activating group) is 1. The van der Waals surface area contributed by atoms with Crippen molar-refractivity contribution in [3.8, 4) is 11.4 Å². The highest BCUT2D eigenvalue weighted by atomic mass is 19.1. The Morgan fingerprint density at radius 2 is 1.97 bits per heavy atom. The highest BCUT2D eigenvalue weighted by Crippen LogP contribution is 2.28. The summed E-state index contributed by atoms with van der Waals surface area (Å²) in [6.45, 7) is 5.50. The molecule has 1 aliphatic heterocycles. The van der Waals surface area contributed by atoms with Gasteiger partial charge in [0.05, 0.1) is 5.69 Å². The molecule has 0 saturated heterocycles. The lowest BCUT2D eigenvalue weighted by molar-refractivity contribution is 0.241. The third-order valence-corrected chi connectivity index (χ3v) is 5.41. The van der Waals surface area contributed by atoms with Gasteiger partial charge < -0.3 is 10.2 Å². The average Bonchev–Trinajstić information content (AvgIpc) is 2.75. The molecule has 3 heterocycles. The highest BCUT2D eigenvalue weighted by molar-refractivity contribution is 5.59. The van der Waals surface area contributed by atoms with Crippen LogP contribution in [0.3, 0.4) is 0 Å². The van der Waals surface area contributed by atoms with Crippen molar-refractivity contribution in [3.05, 3.63) is 71.4 Å². The number of benzene rings is 1. The van der Waals surface area contributed by atoms with Crippen LogP contribution in [0.4, 0.5) is 10.2 Å². The highest BCUT2D eigenvalue weighted by Gasteiger charge is 2.24. The first-order valence-electron chi connectivity index (χ1n) is 10.7. The number of fused-ring (bicyclic) bond motifs is 1. The lowest BCUT2D eigenvalue weighted by Crippen LogP contribution is -2.34. The molecule has 7 heteroatoms. The fourth-order valence-electron chi connectivity index (χ4n) is 4.04. The van der Waals surface area contributed by atoms with E-state index in [-0.39, 0.29) is 11.9 Å². The van der Waals surface area contributed by atoms with Crippen LogP contribution < -0.4 is 5.32 Å². The molecule has 0 amide bonds. The Bertz CT molecular complexity index is 1010. The molecule has 3 aromatic rings. The van der Waals surface area contributed by atoms with E-state index in [1.54, 1.807) is 12.4 Å². The largest absolute Gasteiger partial charge is 0.366 e. The van der Waals surface area contributed by atoms with Crippen molar-refractivity contribution < 1.29 is 4.39 Å². The monoisotopic (exact) mass is 420 g/mol. The van der Waals surface area contributed by atoms with Crippen LogP contribution in [0.25, 0.3) is 11.4 Å². The maximum Gasteiger partial charge on any atom is 0.163 e. The van der Waals surface area contributed by atoms with Crippen LogP contribution in [-0.4, -0.2) is 58.0 Å². The average molecular weight is 421 g/mol. The van der Waals surface area contributed by atoms with E-state index in [2.05, 4.69) is 41.1 Å². The predicted molar refractivity (Wildman–Crippen MR) is 121 cm³/mol. The number of hydrogen-bond acceptors (Lipinski definition) is 6. The molecule has 0 spiro atoms. The van der Waals surface area contributed by atoms with E-state index in [4.69, 9.17) is 9.97 Å². The van der Waals surface area contributed by atoms with Gasteiger partial charge in [0.25, 0.3) is 0 Å². The Hall–Kier alpha value is -2.90. The fraction of sp³-hybridized carbons (Fsp3) is 0.375. The van der Waals surface area contributed by atoms with Crippen LogP contribution in [0.1, 0.15) is 23.7 Å². The summed E-state index contributed by atoms with van der Waals surface area (Å²) in [4.78, 5) is 18.5. The van der Waals surface area contributed by atoms with E-state index < -0.39 is 0 Å². The maximum absolute atomic E-state index is 13.3. The smallest absolute Gasteiger partial charge is 0.163 e. The van der Waals surface area contributed by atoms with E-state index in [1.807, 2.05) is 24.3 Å². The molecule has 1 aliphatic rings. The summed E-state index contributed by atoms with van der Waals surface area (Å²) < 4.78 is 13.3. The summed E-state index contributed by atoms with van der Waals surface area (Å²) >= 11 is 0. The first kappa shape index (κ1) is 21.3. The molecule has 2 aromatic heterocycles. The molecule has 0 saturated carbocycles. The maximum atomic E-state index is 13.3. The van der Waals surface area contributed by atoms with E-state index in [0.29, 0.717) is 5.82 Å². The lowest BCUT2D eigenvalue weighted by atomic mass is 10.0. The van der Waals surface area contributed by atoms with Gasteiger partial charge in [-0.3, -0.25) is 9.88 Å². The zero-order valence-electron chi connectivity index (χ0n) is 18.3. The van der Waals surface area contributed by atoms with Gasteiger partial charge in [-0.05, 0) is 57.3 Å². The van der Waals surface area contributed by atoms with Gasteiger partial charge in [0.1, 0.15) is 11.6 Å². The van der Waals surface area contributed by atoms with Gasteiger partial charge in [-0.15, -0.1) is 0 Å². The normalized spacial score (nSPS) is 15.0. The fourth-order valence-corrected chi connectivity index (χ4v) is 4.04. The zero-order chi connectivity index (χ0) is 21.8. The third kappa shape index (κ3) is 5.42. The Balaban J connectivity index is 1.62. The van der Waals surface area contributed by atoms with Crippen LogP contribution in [0.2, 0.25) is 0 Å². The summed E-state index contributed by atoms with van der Waals surface area (Å²) in [6, 6.07) is 10.9. The van der Waals surface area contributed by atoms with Gasteiger partial charge in [0, 0.05) is 55.7 Å². The van der Waals surface area contributed by atoms with Crippen molar-refractivity contribution in [2.75, 3.05) is 32.5 Å². The molecule has 0 radical (unpaired) electrons. The standard InChI is InChI=1S/C24H29FN6/c1-17(14-30(2)3)27-24-21-10-12-31(15-18-6-8-20(25)9-7-18)16-22(21)28-23(29-24)19-5-4-11-26-13-19/h4-9,11,13,17H,10,12,14-16H2,1-3H3,(H,27,28,29). The number of aromatic nitrogens is 3. The number of rotatable bonds is 7. The minimum Gasteiger partial charge on any atom is -0.366 e.